The maximum Gasteiger partial charge on any atom is 0.0625 e. The zero-order valence-electron chi connectivity index (χ0n) is 17.3. The standard InChI is InChI=1S/C24H40O/c1-15(2)18-6-7-19-17-8-11-23-14-21(4,25)12-13-24(23,16(23)3)20(17)9-10-22(18,19)5/h15-20,25H,6-14H2,1-5H3/t16-,17+,18?,19+,20+,21-,22-,23-,24+/m1/s1. The van der Waals surface area contributed by atoms with Gasteiger partial charge in [0.1, 0.15) is 0 Å². The highest BCUT2D eigenvalue weighted by Gasteiger charge is 2.81. The molecule has 5 saturated carbocycles. The topological polar surface area (TPSA) is 20.2 Å². The van der Waals surface area contributed by atoms with Gasteiger partial charge in [0.25, 0.3) is 0 Å². The SMILES string of the molecule is CC(C)C1CC[C@H]2[C@@H]3CC[C@]45C[C@](C)(O)CC[C@]4([C@@H]5C)[C@H]3CC[C@]12C. The number of aliphatic hydroxyl groups is 1. The molecule has 0 aromatic heterocycles. The van der Waals surface area contributed by atoms with Gasteiger partial charge in [0.15, 0.2) is 0 Å². The fourth-order valence-electron chi connectivity index (χ4n) is 10.3. The lowest BCUT2D eigenvalue weighted by Crippen LogP contribution is -2.50. The van der Waals surface area contributed by atoms with Crippen LogP contribution >= 0.6 is 0 Å². The molecule has 142 valence electrons. The Labute approximate surface area is 155 Å². The van der Waals surface area contributed by atoms with Gasteiger partial charge in [-0.05, 0) is 116 Å². The van der Waals surface area contributed by atoms with Crippen LogP contribution < -0.4 is 0 Å². The molecule has 5 fully saturated rings. The van der Waals surface area contributed by atoms with Crippen LogP contribution in [0.5, 0.6) is 0 Å². The number of fused-ring (bicyclic) bond motifs is 3. The molecule has 1 heteroatoms. The van der Waals surface area contributed by atoms with Crippen molar-refractivity contribution in [3.8, 4) is 0 Å². The Balaban J connectivity index is 1.47. The minimum absolute atomic E-state index is 0.389. The summed E-state index contributed by atoms with van der Waals surface area (Å²) in [5, 5.41) is 10.8. The van der Waals surface area contributed by atoms with Gasteiger partial charge in [-0.25, -0.2) is 0 Å². The molecule has 0 saturated heterocycles. The second kappa shape index (κ2) is 4.86. The van der Waals surface area contributed by atoms with Crippen LogP contribution in [0.4, 0.5) is 0 Å². The van der Waals surface area contributed by atoms with Crippen molar-refractivity contribution in [2.45, 2.75) is 98.0 Å². The molecule has 1 N–H and O–H groups in total. The molecule has 1 nitrogen and oxygen atoms in total. The van der Waals surface area contributed by atoms with E-state index in [9.17, 15) is 5.11 Å². The first-order chi connectivity index (χ1) is 11.7. The highest BCUT2D eigenvalue weighted by molar-refractivity contribution is 5.29. The van der Waals surface area contributed by atoms with E-state index >= 15 is 0 Å². The molecule has 5 aliphatic rings. The molecule has 0 aromatic rings. The van der Waals surface area contributed by atoms with Gasteiger partial charge in [-0.2, -0.15) is 0 Å². The molecular weight excluding hydrogens is 304 g/mol. The molecule has 0 aliphatic heterocycles. The predicted octanol–water partition coefficient (Wildman–Crippen LogP) is 6.05. The van der Waals surface area contributed by atoms with Crippen molar-refractivity contribution < 1.29 is 5.11 Å². The minimum Gasteiger partial charge on any atom is -0.390 e. The average molecular weight is 345 g/mol. The average Bonchev–Trinajstić information content (AvgIpc) is 2.87. The van der Waals surface area contributed by atoms with Crippen LogP contribution in [0.3, 0.4) is 0 Å². The molecule has 0 spiro atoms. The maximum atomic E-state index is 10.8. The Hall–Kier alpha value is -0.0400. The van der Waals surface area contributed by atoms with E-state index < -0.39 is 0 Å². The van der Waals surface area contributed by atoms with Crippen LogP contribution in [-0.4, -0.2) is 10.7 Å². The Morgan fingerprint density at radius 1 is 0.880 bits per heavy atom. The largest absolute Gasteiger partial charge is 0.390 e. The number of hydrogen-bond acceptors (Lipinski definition) is 1. The van der Waals surface area contributed by atoms with Crippen molar-refractivity contribution in [1.82, 2.24) is 0 Å². The van der Waals surface area contributed by atoms with Crippen molar-refractivity contribution in [2.75, 3.05) is 0 Å². The smallest absolute Gasteiger partial charge is 0.0625 e. The molecule has 0 radical (unpaired) electrons. The third-order valence-corrected chi connectivity index (χ3v) is 11.1. The lowest BCUT2D eigenvalue weighted by molar-refractivity contribution is -0.103. The van der Waals surface area contributed by atoms with Crippen LogP contribution in [0.25, 0.3) is 0 Å². The maximum absolute atomic E-state index is 10.8. The first-order valence-corrected chi connectivity index (χ1v) is 11.4. The second-order valence-electron chi connectivity index (χ2n) is 12.0. The van der Waals surface area contributed by atoms with Gasteiger partial charge in [0.05, 0.1) is 5.60 Å². The summed E-state index contributed by atoms with van der Waals surface area (Å²) in [6.07, 6.45) is 12.3. The van der Waals surface area contributed by atoms with Crippen LogP contribution in [0.15, 0.2) is 0 Å². The molecule has 0 amide bonds. The summed E-state index contributed by atoms with van der Waals surface area (Å²) >= 11 is 0. The van der Waals surface area contributed by atoms with Crippen molar-refractivity contribution in [2.24, 2.45) is 51.8 Å². The second-order valence-corrected chi connectivity index (χ2v) is 12.0. The van der Waals surface area contributed by atoms with E-state index in [-0.39, 0.29) is 5.60 Å². The Morgan fingerprint density at radius 3 is 2.36 bits per heavy atom. The Bertz CT molecular complexity index is 579. The monoisotopic (exact) mass is 344 g/mol. The molecule has 0 heterocycles. The molecule has 0 aromatic carbocycles. The minimum atomic E-state index is -0.389. The summed E-state index contributed by atoms with van der Waals surface area (Å²) in [5.74, 6) is 5.68. The van der Waals surface area contributed by atoms with E-state index in [2.05, 4.69) is 34.6 Å². The van der Waals surface area contributed by atoms with Crippen molar-refractivity contribution in [1.29, 1.82) is 0 Å². The summed E-state index contributed by atoms with van der Waals surface area (Å²) in [4.78, 5) is 0. The van der Waals surface area contributed by atoms with Crippen LogP contribution in [-0.2, 0) is 0 Å². The van der Waals surface area contributed by atoms with Crippen LogP contribution in [0.1, 0.15) is 92.4 Å². The highest BCUT2D eigenvalue weighted by atomic mass is 16.3. The molecule has 25 heavy (non-hydrogen) atoms. The molecule has 5 rings (SSSR count). The lowest BCUT2D eigenvalue weighted by atomic mass is 9.48. The summed E-state index contributed by atoms with van der Waals surface area (Å²) in [6.45, 7) is 12.3. The normalized spacial score (nSPS) is 62.8. The summed E-state index contributed by atoms with van der Waals surface area (Å²) in [7, 11) is 0. The number of hydrogen-bond donors (Lipinski definition) is 1. The van der Waals surface area contributed by atoms with Crippen LogP contribution in [0, 0.1) is 51.8 Å². The first-order valence-electron chi connectivity index (χ1n) is 11.4. The van der Waals surface area contributed by atoms with E-state index in [1.807, 2.05) is 0 Å². The fraction of sp³-hybridized carbons (Fsp3) is 1.00. The summed E-state index contributed by atoms with van der Waals surface area (Å²) in [5.41, 5.74) is 1.37. The number of rotatable bonds is 1. The molecule has 1 unspecified atom stereocenters. The van der Waals surface area contributed by atoms with Crippen LogP contribution in [0.2, 0.25) is 0 Å². The fourth-order valence-corrected chi connectivity index (χ4v) is 10.3. The van der Waals surface area contributed by atoms with Gasteiger partial charge >= 0.3 is 0 Å². The molecular formula is C24H40O. The molecule has 9 atom stereocenters. The van der Waals surface area contributed by atoms with E-state index in [4.69, 9.17) is 0 Å². The molecule has 5 aliphatic carbocycles. The van der Waals surface area contributed by atoms with E-state index in [1.165, 1.54) is 44.9 Å². The summed E-state index contributed by atoms with van der Waals surface area (Å²) < 4.78 is 0. The van der Waals surface area contributed by atoms with Gasteiger partial charge in [0.2, 0.25) is 0 Å². The van der Waals surface area contributed by atoms with E-state index in [0.29, 0.717) is 16.2 Å². The van der Waals surface area contributed by atoms with E-state index in [0.717, 1.165) is 48.3 Å². The first kappa shape index (κ1) is 17.1. The quantitative estimate of drug-likeness (QED) is 0.613. The van der Waals surface area contributed by atoms with Crippen molar-refractivity contribution in [3.05, 3.63) is 0 Å². The van der Waals surface area contributed by atoms with Crippen molar-refractivity contribution in [3.63, 3.8) is 0 Å². The van der Waals surface area contributed by atoms with Gasteiger partial charge in [0, 0.05) is 0 Å². The van der Waals surface area contributed by atoms with Gasteiger partial charge < -0.3 is 5.11 Å². The van der Waals surface area contributed by atoms with Crippen molar-refractivity contribution >= 4 is 0 Å². The Kier molecular flexibility index (Phi) is 3.32. The third kappa shape index (κ3) is 1.85. The Morgan fingerprint density at radius 2 is 1.64 bits per heavy atom. The zero-order chi connectivity index (χ0) is 17.8. The predicted molar refractivity (Wildman–Crippen MR) is 103 cm³/mol. The van der Waals surface area contributed by atoms with Gasteiger partial charge in [-0.1, -0.05) is 27.7 Å². The third-order valence-electron chi connectivity index (χ3n) is 11.1. The zero-order valence-corrected chi connectivity index (χ0v) is 17.3. The van der Waals surface area contributed by atoms with Gasteiger partial charge in [-0.15, -0.1) is 0 Å². The highest BCUT2D eigenvalue weighted by Crippen LogP contribution is 2.86. The van der Waals surface area contributed by atoms with E-state index in [1.54, 1.807) is 0 Å². The summed E-state index contributed by atoms with van der Waals surface area (Å²) in [6, 6.07) is 0. The lowest BCUT2D eigenvalue weighted by Gasteiger charge is -2.57. The molecule has 0 bridgehead atoms. The van der Waals surface area contributed by atoms with Gasteiger partial charge in [-0.3, -0.25) is 0 Å².